The van der Waals surface area contributed by atoms with Crippen molar-refractivity contribution in [3.63, 3.8) is 0 Å². The lowest BCUT2D eigenvalue weighted by molar-refractivity contribution is -0.143. The van der Waals surface area contributed by atoms with Crippen LogP contribution in [0.2, 0.25) is 0 Å². The van der Waals surface area contributed by atoms with Crippen molar-refractivity contribution in [2.45, 2.75) is 19.4 Å². The Morgan fingerprint density at radius 2 is 2.21 bits per heavy atom. The van der Waals surface area contributed by atoms with Gasteiger partial charge in [0, 0.05) is 6.20 Å². The van der Waals surface area contributed by atoms with Gasteiger partial charge in [-0.2, -0.15) is 10.2 Å². The highest BCUT2D eigenvalue weighted by Crippen LogP contribution is 2.20. The van der Waals surface area contributed by atoms with E-state index in [-0.39, 0.29) is 6.61 Å². The molecule has 1 rings (SSSR count). The van der Waals surface area contributed by atoms with E-state index in [1.54, 1.807) is 6.92 Å². The zero-order valence-corrected chi connectivity index (χ0v) is 7.89. The molecule has 6 nitrogen and oxygen atoms in total. The Morgan fingerprint density at radius 3 is 2.71 bits per heavy atom. The van der Waals surface area contributed by atoms with Crippen LogP contribution in [0.3, 0.4) is 0 Å². The number of carbonyl (C=O) groups excluding carboxylic acids is 2. The molecule has 1 atom stereocenters. The summed E-state index contributed by atoms with van der Waals surface area (Å²) >= 11 is 0. The minimum atomic E-state index is -1.20. The van der Waals surface area contributed by atoms with Gasteiger partial charge >= 0.3 is 12.1 Å². The van der Waals surface area contributed by atoms with Crippen molar-refractivity contribution >= 4 is 12.1 Å². The molecule has 0 N–H and O–H groups in total. The van der Waals surface area contributed by atoms with Crippen LogP contribution in [-0.4, -0.2) is 24.3 Å². The molecule has 0 spiro atoms. The summed E-state index contributed by atoms with van der Waals surface area (Å²) in [5, 5.41) is 7.11. The zero-order valence-electron chi connectivity index (χ0n) is 7.89. The second-order valence-corrected chi connectivity index (χ2v) is 2.75. The Bertz CT molecular complexity index is 296. The Kier molecular flexibility index (Phi) is 2.95. The molecule has 1 aliphatic rings. The molecule has 1 aliphatic heterocycles. The van der Waals surface area contributed by atoms with Crippen LogP contribution in [0.4, 0.5) is 4.79 Å². The smallest absolute Gasteiger partial charge is 0.434 e. The van der Waals surface area contributed by atoms with Gasteiger partial charge in [-0.3, -0.25) is 0 Å². The van der Waals surface area contributed by atoms with Gasteiger partial charge in [-0.1, -0.05) is 0 Å². The van der Waals surface area contributed by atoms with Crippen LogP contribution < -0.4 is 0 Å². The lowest BCUT2D eigenvalue weighted by Crippen LogP contribution is -2.33. The molecule has 0 amide bonds. The number of azo groups is 1. The quantitative estimate of drug-likeness (QED) is 0.496. The lowest BCUT2D eigenvalue weighted by Gasteiger charge is -2.12. The Labute approximate surface area is 80.6 Å². The maximum absolute atomic E-state index is 11.3. The first-order chi connectivity index (χ1) is 6.58. The fourth-order valence-corrected chi connectivity index (χ4v) is 0.800. The third-order valence-electron chi connectivity index (χ3n) is 1.58. The third kappa shape index (κ3) is 2.15. The fourth-order valence-electron chi connectivity index (χ4n) is 0.800. The topological polar surface area (TPSA) is 77.3 Å². The van der Waals surface area contributed by atoms with Crippen molar-refractivity contribution in [3.8, 4) is 0 Å². The van der Waals surface area contributed by atoms with Crippen molar-refractivity contribution in [1.82, 2.24) is 0 Å². The largest absolute Gasteiger partial charge is 0.516 e. The number of rotatable bonds is 2. The first kappa shape index (κ1) is 10.4. The molecule has 76 valence electrons. The molecule has 0 aromatic carbocycles. The van der Waals surface area contributed by atoms with Gasteiger partial charge in [0.05, 0.1) is 6.61 Å². The molecule has 1 heterocycles. The molecule has 0 saturated carbocycles. The first-order valence-electron chi connectivity index (χ1n) is 4.07. The molecule has 0 aromatic rings. The molecule has 1 unspecified atom stereocenters. The van der Waals surface area contributed by atoms with Crippen molar-refractivity contribution in [2.24, 2.45) is 10.2 Å². The second kappa shape index (κ2) is 3.99. The van der Waals surface area contributed by atoms with Crippen molar-refractivity contribution in [3.05, 3.63) is 12.3 Å². The number of hydrogen-bond donors (Lipinski definition) is 0. The number of ether oxygens (including phenoxy) is 2. The normalized spacial score (nSPS) is 23.6. The predicted molar refractivity (Wildman–Crippen MR) is 45.5 cm³/mol. The molecule has 0 fully saturated rings. The van der Waals surface area contributed by atoms with Crippen LogP contribution in [0, 0.1) is 0 Å². The average Bonchev–Trinajstić information content (AvgIpc) is 2.54. The van der Waals surface area contributed by atoms with E-state index >= 15 is 0 Å². The molecule has 14 heavy (non-hydrogen) atoms. The van der Waals surface area contributed by atoms with E-state index in [1.807, 2.05) is 0 Å². The predicted octanol–water partition coefficient (Wildman–Crippen LogP) is 1.42. The highest BCUT2D eigenvalue weighted by Gasteiger charge is 2.36. The van der Waals surface area contributed by atoms with Gasteiger partial charge in [0.1, 0.15) is 0 Å². The van der Waals surface area contributed by atoms with Crippen LogP contribution in [0.15, 0.2) is 22.5 Å². The molecule has 6 heteroatoms. The Balaban J connectivity index is 2.54. The molecule has 0 aromatic heterocycles. The van der Waals surface area contributed by atoms with Crippen molar-refractivity contribution < 1.29 is 19.1 Å². The summed E-state index contributed by atoms with van der Waals surface area (Å²) in [7, 11) is 0. The molecular weight excluding hydrogens is 188 g/mol. The van der Waals surface area contributed by atoms with E-state index in [4.69, 9.17) is 0 Å². The van der Waals surface area contributed by atoms with Gasteiger partial charge in [0.15, 0.2) is 5.54 Å². The first-order valence-corrected chi connectivity index (χ1v) is 4.07. The van der Waals surface area contributed by atoms with Crippen LogP contribution in [0.1, 0.15) is 13.8 Å². The summed E-state index contributed by atoms with van der Waals surface area (Å²) in [5.41, 5.74) is -1.20. The molecular formula is C8H10N2O4. The Hall–Kier alpha value is -1.72. The third-order valence-corrected chi connectivity index (χ3v) is 1.58. The fraction of sp³-hybridized carbons (Fsp3) is 0.500. The molecule has 0 bridgehead atoms. The van der Waals surface area contributed by atoms with Gasteiger partial charge in [0.2, 0.25) is 0 Å². The number of carbonyl (C=O) groups is 2. The second-order valence-electron chi connectivity index (χ2n) is 2.75. The van der Waals surface area contributed by atoms with Crippen molar-refractivity contribution in [1.29, 1.82) is 0 Å². The molecule has 0 saturated heterocycles. The summed E-state index contributed by atoms with van der Waals surface area (Å²) in [6, 6.07) is 0. The zero-order chi connectivity index (χ0) is 10.6. The van der Waals surface area contributed by atoms with Crippen LogP contribution in [-0.2, 0) is 14.3 Å². The van der Waals surface area contributed by atoms with Gasteiger partial charge in [0.25, 0.3) is 0 Å². The van der Waals surface area contributed by atoms with Crippen LogP contribution in [0.25, 0.3) is 0 Å². The van der Waals surface area contributed by atoms with Crippen LogP contribution >= 0.6 is 0 Å². The average molecular weight is 198 g/mol. The number of hydrogen-bond acceptors (Lipinski definition) is 6. The number of esters is 1. The maximum atomic E-state index is 11.3. The standard InChI is InChI=1S/C8H10N2O4/c1-3-13-7(12)14-6(11)8(2)4-5-9-10-8/h4-5H,3H2,1-2H3. The summed E-state index contributed by atoms with van der Waals surface area (Å²) < 4.78 is 8.81. The van der Waals surface area contributed by atoms with E-state index in [2.05, 4.69) is 19.7 Å². The summed E-state index contributed by atoms with van der Waals surface area (Å²) in [5.74, 6) is -0.798. The summed E-state index contributed by atoms with van der Waals surface area (Å²) in [4.78, 5) is 22.1. The molecule has 0 aliphatic carbocycles. The van der Waals surface area contributed by atoms with Gasteiger partial charge in [-0.15, -0.1) is 0 Å². The van der Waals surface area contributed by atoms with E-state index in [0.717, 1.165) is 0 Å². The summed E-state index contributed by atoms with van der Waals surface area (Å²) in [6.45, 7) is 3.25. The monoisotopic (exact) mass is 198 g/mol. The molecule has 0 radical (unpaired) electrons. The van der Waals surface area contributed by atoms with Gasteiger partial charge in [-0.05, 0) is 19.9 Å². The number of nitrogens with zero attached hydrogens (tertiary/aromatic N) is 2. The highest BCUT2D eigenvalue weighted by molar-refractivity contribution is 5.90. The minimum Gasteiger partial charge on any atom is -0.434 e. The van der Waals surface area contributed by atoms with E-state index in [0.29, 0.717) is 0 Å². The Morgan fingerprint density at radius 1 is 1.50 bits per heavy atom. The van der Waals surface area contributed by atoms with Gasteiger partial charge < -0.3 is 9.47 Å². The SMILES string of the molecule is CCOC(=O)OC(=O)C1(C)C=CN=N1. The van der Waals surface area contributed by atoms with E-state index in [9.17, 15) is 9.59 Å². The maximum Gasteiger partial charge on any atom is 0.516 e. The lowest BCUT2D eigenvalue weighted by atomic mass is 10.1. The highest BCUT2D eigenvalue weighted by atomic mass is 16.7. The van der Waals surface area contributed by atoms with E-state index < -0.39 is 17.7 Å². The van der Waals surface area contributed by atoms with E-state index in [1.165, 1.54) is 19.2 Å². The minimum absolute atomic E-state index is 0.153. The van der Waals surface area contributed by atoms with Crippen molar-refractivity contribution in [2.75, 3.05) is 6.61 Å². The van der Waals surface area contributed by atoms with Gasteiger partial charge in [-0.25, -0.2) is 9.59 Å². The summed E-state index contributed by atoms with van der Waals surface area (Å²) in [6.07, 6.45) is 1.79. The van der Waals surface area contributed by atoms with Crippen LogP contribution in [0.5, 0.6) is 0 Å².